The molecule has 0 saturated heterocycles. The third-order valence-corrected chi connectivity index (χ3v) is 3.25. The number of carbonyl (C=O) groups is 1. The van der Waals surface area contributed by atoms with E-state index in [-0.39, 0.29) is 12.4 Å². The summed E-state index contributed by atoms with van der Waals surface area (Å²) in [6.45, 7) is 2.46. The lowest BCUT2D eigenvalue weighted by atomic mass is 10.3. The molecule has 19 heavy (non-hydrogen) atoms. The first-order chi connectivity index (χ1) is 9.20. The number of carbonyl (C=O) groups excluding carboxylic acids is 1. The van der Waals surface area contributed by atoms with Gasteiger partial charge in [0.2, 0.25) is 0 Å². The average Bonchev–Trinajstić information content (AvgIpc) is 3.00. The van der Waals surface area contributed by atoms with Gasteiger partial charge >= 0.3 is 11.7 Å². The number of thiophene rings is 1. The van der Waals surface area contributed by atoms with Crippen molar-refractivity contribution in [3.8, 4) is 10.8 Å². The Kier molecular flexibility index (Phi) is 4.51. The number of hydrogen-bond acceptors (Lipinski definition) is 6. The van der Waals surface area contributed by atoms with Crippen LogP contribution in [0.3, 0.4) is 0 Å². The van der Waals surface area contributed by atoms with Crippen molar-refractivity contribution in [2.45, 2.75) is 26.3 Å². The molecule has 0 aliphatic rings. The second-order valence-corrected chi connectivity index (χ2v) is 4.73. The van der Waals surface area contributed by atoms with Crippen LogP contribution < -0.4 is 5.76 Å². The minimum atomic E-state index is -0.507. The lowest BCUT2D eigenvalue weighted by molar-refractivity contribution is -0.143. The Labute approximate surface area is 113 Å². The van der Waals surface area contributed by atoms with Gasteiger partial charge in [-0.1, -0.05) is 6.07 Å². The molecule has 0 saturated carbocycles. The van der Waals surface area contributed by atoms with Crippen LogP contribution >= 0.6 is 11.3 Å². The fourth-order valence-electron chi connectivity index (χ4n) is 1.55. The van der Waals surface area contributed by atoms with Gasteiger partial charge in [0.05, 0.1) is 11.5 Å². The van der Waals surface area contributed by atoms with Crippen LogP contribution in [0.4, 0.5) is 0 Å². The fourth-order valence-corrected chi connectivity index (χ4v) is 2.20. The molecule has 0 aliphatic carbocycles. The third-order valence-electron chi connectivity index (χ3n) is 2.39. The number of aryl methyl sites for hydroxylation is 1. The Hall–Kier alpha value is -1.89. The number of ether oxygens (including phenoxy) is 1. The molecule has 6 nitrogen and oxygen atoms in total. The highest BCUT2D eigenvalue weighted by Crippen LogP contribution is 2.21. The van der Waals surface area contributed by atoms with Crippen LogP contribution in [0, 0.1) is 0 Å². The summed E-state index contributed by atoms with van der Waals surface area (Å²) in [6.07, 6.45) is 0.761. The molecule has 2 heterocycles. The highest BCUT2D eigenvalue weighted by atomic mass is 32.1. The topological polar surface area (TPSA) is 74.3 Å². The quantitative estimate of drug-likeness (QED) is 0.757. The molecule has 2 aromatic heterocycles. The van der Waals surface area contributed by atoms with Crippen LogP contribution in [0.5, 0.6) is 0 Å². The maximum absolute atomic E-state index is 11.6. The summed E-state index contributed by atoms with van der Waals surface area (Å²) in [4.78, 5) is 23.5. The zero-order valence-electron chi connectivity index (χ0n) is 10.5. The van der Waals surface area contributed by atoms with Gasteiger partial charge in [-0.05, 0) is 24.8 Å². The zero-order valence-corrected chi connectivity index (χ0v) is 11.3. The molecule has 0 spiro atoms. The summed E-state index contributed by atoms with van der Waals surface area (Å²) in [5.41, 5.74) is 0. The normalized spacial score (nSPS) is 10.6. The molecular formula is C12H14N2O4S. The van der Waals surface area contributed by atoms with Crippen molar-refractivity contribution in [2.24, 2.45) is 0 Å². The van der Waals surface area contributed by atoms with Crippen LogP contribution in [0.25, 0.3) is 10.8 Å². The van der Waals surface area contributed by atoms with Crippen LogP contribution in [0.15, 0.2) is 26.7 Å². The van der Waals surface area contributed by atoms with Crippen LogP contribution in [0.1, 0.15) is 19.8 Å². The molecule has 7 heteroatoms. The molecule has 0 aromatic carbocycles. The first-order valence-electron chi connectivity index (χ1n) is 5.98. The zero-order chi connectivity index (χ0) is 13.7. The first kappa shape index (κ1) is 13.5. The number of aromatic nitrogens is 2. The molecule has 0 fully saturated rings. The molecule has 0 amide bonds. The highest BCUT2D eigenvalue weighted by Gasteiger charge is 2.11. The van der Waals surface area contributed by atoms with Crippen molar-refractivity contribution < 1.29 is 13.9 Å². The third kappa shape index (κ3) is 3.54. The van der Waals surface area contributed by atoms with Gasteiger partial charge in [0.25, 0.3) is 5.89 Å². The highest BCUT2D eigenvalue weighted by molar-refractivity contribution is 7.13. The van der Waals surface area contributed by atoms with E-state index in [2.05, 4.69) is 5.10 Å². The van der Waals surface area contributed by atoms with Crippen molar-refractivity contribution >= 4 is 17.3 Å². The van der Waals surface area contributed by atoms with E-state index in [0.29, 0.717) is 25.5 Å². The number of esters is 1. The Morgan fingerprint density at radius 3 is 3.11 bits per heavy atom. The van der Waals surface area contributed by atoms with Gasteiger partial charge in [0.1, 0.15) is 0 Å². The van der Waals surface area contributed by atoms with E-state index in [1.807, 2.05) is 17.5 Å². The van der Waals surface area contributed by atoms with Crippen LogP contribution in [0.2, 0.25) is 0 Å². The summed E-state index contributed by atoms with van der Waals surface area (Å²) in [5.74, 6) is -0.457. The Bertz CT molecular complexity index is 585. The maximum Gasteiger partial charge on any atom is 0.437 e. The van der Waals surface area contributed by atoms with E-state index in [1.54, 1.807) is 6.92 Å². The van der Waals surface area contributed by atoms with E-state index < -0.39 is 5.76 Å². The van der Waals surface area contributed by atoms with E-state index >= 15 is 0 Å². The molecule has 102 valence electrons. The van der Waals surface area contributed by atoms with Crippen molar-refractivity contribution in [3.63, 3.8) is 0 Å². The van der Waals surface area contributed by atoms with Gasteiger partial charge in [-0.25, -0.2) is 4.79 Å². The molecule has 2 rings (SSSR count). The van der Waals surface area contributed by atoms with Gasteiger partial charge < -0.3 is 9.15 Å². The summed E-state index contributed by atoms with van der Waals surface area (Å²) in [7, 11) is 0. The predicted molar refractivity (Wildman–Crippen MR) is 69.9 cm³/mol. The summed E-state index contributed by atoms with van der Waals surface area (Å²) < 4.78 is 11.1. The Balaban J connectivity index is 1.95. The molecule has 0 bridgehead atoms. The first-order valence-corrected chi connectivity index (χ1v) is 6.86. The average molecular weight is 282 g/mol. The monoisotopic (exact) mass is 282 g/mol. The van der Waals surface area contributed by atoms with Crippen LogP contribution in [-0.4, -0.2) is 22.4 Å². The van der Waals surface area contributed by atoms with Crippen molar-refractivity contribution in [1.29, 1.82) is 0 Å². The predicted octanol–water partition coefficient (Wildman–Crippen LogP) is 1.91. The fraction of sp³-hybridized carbons (Fsp3) is 0.417. The van der Waals surface area contributed by atoms with E-state index in [0.717, 1.165) is 4.88 Å². The molecule has 0 atom stereocenters. The van der Waals surface area contributed by atoms with Crippen molar-refractivity contribution in [2.75, 3.05) is 6.61 Å². The van der Waals surface area contributed by atoms with Crippen molar-refractivity contribution in [3.05, 3.63) is 28.1 Å². The maximum atomic E-state index is 11.6. The summed E-state index contributed by atoms with van der Waals surface area (Å²) in [6, 6.07) is 3.69. The molecule has 0 N–H and O–H groups in total. The van der Waals surface area contributed by atoms with Gasteiger partial charge in [-0.3, -0.25) is 4.79 Å². The summed E-state index contributed by atoms with van der Waals surface area (Å²) in [5, 5.41) is 5.97. The molecule has 0 aliphatic heterocycles. The second-order valence-electron chi connectivity index (χ2n) is 3.78. The van der Waals surface area contributed by atoms with Gasteiger partial charge in [-0.2, -0.15) is 4.68 Å². The van der Waals surface area contributed by atoms with Gasteiger partial charge in [0.15, 0.2) is 0 Å². The Morgan fingerprint density at radius 2 is 2.42 bits per heavy atom. The largest absolute Gasteiger partial charge is 0.466 e. The van der Waals surface area contributed by atoms with E-state index in [4.69, 9.17) is 9.15 Å². The standard InChI is InChI=1S/C12H14N2O4S/c1-2-17-10(15)6-3-7-14-12(16)18-11(13-14)9-5-4-8-19-9/h4-5,8H,2-3,6-7H2,1H3. The molecular weight excluding hydrogens is 268 g/mol. The van der Waals surface area contributed by atoms with E-state index in [9.17, 15) is 9.59 Å². The van der Waals surface area contributed by atoms with Gasteiger partial charge in [0, 0.05) is 13.0 Å². The summed E-state index contributed by atoms with van der Waals surface area (Å²) >= 11 is 1.45. The number of hydrogen-bond donors (Lipinski definition) is 0. The lowest BCUT2D eigenvalue weighted by Crippen LogP contribution is -2.17. The minimum Gasteiger partial charge on any atom is -0.466 e. The van der Waals surface area contributed by atoms with Crippen molar-refractivity contribution in [1.82, 2.24) is 9.78 Å². The molecule has 0 radical (unpaired) electrons. The minimum absolute atomic E-state index is 0.265. The second kappa shape index (κ2) is 6.33. The SMILES string of the molecule is CCOC(=O)CCCn1nc(-c2cccs2)oc1=O. The van der Waals surface area contributed by atoms with E-state index in [1.165, 1.54) is 16.0 Å². The van der Waals surface area contributed by atoms with Crippen LogP contribution in [-0.2, 0) is 16.1 Å². The molecule has 0 unspecified atom stereocenters. The number of nitrogens with zero attached hydrogens (tertiary/aromatic N) is 2. The molecule has 2 aromatic rings. The smallest absolute Gasteiger partial charge is 0.437 e. The number of rotatable bonds is 6. The van der Waals surface area contributed by atoms with Gasteiger partial charge in [-0.15, -0.1) is 16.4 Å². The Morgan fingerprint density at radius 1 is 1.58 bits per heavy atom. The lowest BCUT2D eigenvalue weighted by Gasteiger charge is -2.00.